The molecule has 1 saturated carbocycles. The fourth-order valence-corrected chi connectivity index (χ4v) is 3.10. The number of halogens is 4. The molecule has 3 rings (SSSR count). The average Bonchev–Trinajstić information content (AvgIpc) is 2.76. The number of hydrogen-bond donors (Lipinski definition) is 1. The molecule has 1 N–H and O–H groups in total. The molecule has 1 nitrogen and oxygen atoms in total. The van der Waals surface area contributed by atoms with E-state index in [9.17, 15) is 17.6 Å². The molecule has 0 radical (unpaired) electrons. The first kappa shape index (κ1) is 12.0. The van der Waals surface area contributed by atoms with Gasteiger partial charge in [0.2, 0.25) is 0 Å². The van der Waals surface area contributed by atoms with E-state index in [1.807, 2.05) is 0 Å². The van der Waals surface area contributed by atoms with Crippen LogP contribution in [-0.4, -0.2) is 13.1 Å². The molecule has 2 fully saturated rings. The molecule has 5 heteroatoms. The van der Waals surface area contributed by atoms with E-state index < -0.39 is 17.6 Å². The third-order valence-electron chi connectivity index (χ3n) is 4.16. The number of rotatable bonds is 1. The Balaban J connectivity index is 1.98. The zero-order valence-corrected chi connectivity index (χ0v) is 9.65. The maximum absolute atomic E-state index is 13.0. The van der Waals surface area contributed by atoms with E-state index in [-0.39, 0.29) is 16.9 Å². The molecule has 1 aromatic carbocycles. The SMILES string of the molecule is Fc1ccc([C@@H]2C[C@@]23CCNC3)c(C(F)(F)F)c1. The number of hydrogen-bond acceptors (Lipinski definition) is 1. The van der Waals surface area contributed by atoms with E-state index in [2.05, 4.69) is 5.32 Å². The summed E-state index contributed by atoms with van der Waals surface area (Å²) in [5.74, 6) is -0.907. The lowest BCUT2D eigenvalue weighted by Gasteiger charge is -2.15. The van der Waals surface area contributed by atoms with Crippen LogP contribution in [0.2, 0.25) is 0 Å². The van der Waals surface area contributed by atoms with Crippen LogP contribution in [0.15, 0.2) is 18.2 Å². The monoisotopic (exact) mass is 259 g/mol. The van der Waals surface area contributed by atoms with Gasteiger partial charge in [0.1, 0.15) is 5.82 Å². The molecule has 1 aliphatic heterocycles. The Bertz CT molecular complexity index is 474. The number of alkyl halides is 3. The summed E-state index contributed by atoms with van der Waals surface area (Å²) in [6, 6.07) is 3.04. The molecule has 18 heavy (non-hydrogen) atoms. The van der Waals surface area contributed by atoms with Gasteiger partial charge in [0, 0.05) is 6.54 Å². The molecule has 0 amide bonds. The predicted octanol–water partition coefficient (Wildman–Crippen LogP) is 3.31. The van der Waals surface area contributed by atoms with Crippen LogP contribution in [0.25, 0.3) is 0 Å². The zero-order valence-electron chi connectivity index (χ0n) is 9.65. The Kier molecular flexibility index (Phi) is 2.46. The first-order valence-corrected chi connectivity index (χ1v) is 6.00. The minimum Gasteiger partial charge on any atom is -0.316 e. The predicted molar refractivity (Wildman–Crippen MR) is 58.7 cm³/mol. The van der Waals surface area contributed by atoms with Gasteiger partial charge in [-0.15, -0.1) is 0 Å². The minimum absolute atomic E-state index is 0.0160. The van der Waals surface area contributed by atoms with Crippen LogP contribution in [0.5, 0.6) is 0 Å². The van der Waals surface area contributed by atoms with Crippen LogP contribution in [0.3, 0.4) is 0 Å². The van der Waals surface area contributed by atoms with Crippen molar-refractivity contribution in [3.05, 3.63) is 35.1 Å². The molecule has 0 unspecified atom stereocenters. The lowest BCUT2D eigenvalue weighted by Crippen LogP contribution is -2.13. The van der Waals surface area contributed by atoms with Gasteiger partial charge in [-0.05, 0) is 48.4 Å². The topological polar surface area (TPSA) is 12.0 Å². The summed E-state index contributed by atoms with van der Waals surface area (Å²) in [7, 11) is 0. The van der Waals surface area contributed by atoms with Gasteiger partial charge in [-0.3, -0.25) is 0 Å². The zero-order chi connectivity index (χ0) is 13.0. The van der Waals surface area contributed by atoms with Crippen molar-refractivity contribution < 1.29 is 17.6 Å². The fourth-order valence-electron chi connectivity index (χ4n) is 3.10. The van der Waals surface area contributed by atoms with Crippen molar-refractivity contribution >= 4 is 0 Å². The molecule has 1 saturated heterocycles. The van der Waals surface area contributed by atoms with Crippen LogP contribution in [0, 0.1) is 11.2 Å². The smallest absolute Gasteiger partial charge is 0.316 e. The molecular formula is C13H13F4N. The maximum atomic E-state index is 13.0. The first-order chi connectivity index (χ1) is 8.42. The van der Waals surface area contributed by atoms with Crippen molar-refractivity contribution in [2.24, 2.45) is 5.41 Å². The Morgan fingerprint density at radius 1 is 1.28 bits per heavy atom. The second-order valence-electron chi connectivity index (χ2n) is 5.28. The normalized spacial score (nSPS) is 31.0. The Hall–Kier alpha value is -1.10. The molecule has 1 spiro atoms. The van der Waals surface area contributed by atoms with Gasteiger partial charge in [0.15, 0.2) is 0 Å². The van der Waals surface area contributed by atoms with E-state index in [1.165, 1.54) is 6.07 Å². The van der Waals surface area contributed by atoms with Gasteiger partial charge >= 0.3 is 6.18 Å². The maximum Gasteiger partial charge on any atom is 0.416 e. The molecule has 0 bridgehead atoms. The molecular weight excluding hydrogens is 246 g/mol. The second-order valence-corrected chi connectivity index (χ2v) is 5.28. The van der Waals surface area contributed by atoms with Gasteiger partial charge < -0.3 is 5.32 Å². The van der Waals surface area contributed by atoms with E-state index >= 15 is 0 Å². The third-order valence-corrected chi connectivity index (χ3v) is 4.16. The van der Waals surface area contributed by atoms with Crippen molar-refractivity contribution in [1.29, 1.82) is 0 Å². The van der Waals surface area contributed by atoms with Gasteiger partial charge in [0.05, 0.1) is 5.56 Å². The highest BCUT2D eigenvalue weighted by molar-refractivity contribution is 5.40. The molecule has 0 aromatic heterocycles. The molecule has 2 atom stereocenters. The highest BCUT2D eigenvalue weighted by Crippen LogP contribution is 2.63. The molecule has 2 aliphatic rings. The summed E-state index contributed by atoms with van der Waals surface area (Å²) < 4.78 is 51.7. The lowest BCUT2D eigenvalue weighted by atomic mass is 9.94. The van der Waals surface area contributed by atoms with Gasteiger partial charge in [-0.1, -0.05) is 6.07 Å². The summed E-state index contributed by atoms with van der Waals surface area (Å²) >= 11 is 0. The average molecular weight is 259 g/mol. The van der Waals surface area contributed by atoms with E-state index in [0.29, 0.717) is 6.07 Å². The molecule has 98 valence electrons. The first-order valence-electron chi connectivity index (χ1n) is 6.00. The van der Waals surface area contributed by atoms with E-state index in [4.69, 9.17) is 0 Å². The second kappa shape index (κ2) is 3.70. The molecule has 1 aromatic rings. The Labute approximate surface area is 102 Å². The standard InChI is InChI=1S/C13H13F4N/c14-8-1-2-9(10(5-8)13(15,16)17)11-6-12(11)3-4-18-7-12/h1-2,5,11,18H,3-4,6-7H2/t11-,12+/m0/s1. The van der Waals surface area contributed by atoms with Crippen molar-refractivity contribution in [2.45, 2.75) is 24.9 Å². The minimum atomic E-state index is -4.48. The summed E-state index contributed by atoms with van der Waals surface area (Å²) in [4.78, 5) is 0. The van der Waals surface area contributed by atoms with Crippen LogP contribution in [0.4, 0.5) is 17.6 Å². The van der Waals surface area contributed by atoms with Crippen molar-refractivity contribution in [3.63, 3.8) is 0 Å². The summed E-state index contributed by atoms with van der Waals surface area (Å²) in [5, 5.41) is 3.19. The number of benzene rings is 1. The fraction of sp³-hybridized carbons (Fsp3) is 0.538. The van der Waals surface area contributed by atoms with Crippen molar-refractivity contribution in [3.8, 4) is 0 Å². The van der Waals surface area contributed by atoms with Gasteiger partial charge in [-0.2, -0.15) is 13.2 Å². The lowest BCUT2D eigenvalue weighted by molar-refractivity contribution is -0.138. The van der Waals surface area contributed by atoms with Crippen LogP contribution in [-0.2, 0) is 6.18 Å². The Morgan fingerprint density at radius 2 is 2.06 bits per heavy atom. The summed E-state index contributed by atoms with van der Waals surface area (Å²) in [5.41, 5.74) is -0.568. The quantitative estimate of drug-likeness (QED) is 0.763. The molecule has 1 aliphatic carbocycles. The highest BCUT2D eigenvalue weighted by atomic mass is 19.4. The number of nitrogens with one attached hydrogen (secondary N) is 1. The van der Waals surface area contributed by atoms with E-state index in [1.54, 1.807) is 0 Å². The van der Waals surface area contributed by atoms with Gasteiger partial charge in [-0.25, -0.2) is 4.39 Å². The van der Waals surface area contributed by atoms with Crippen LogP contribution < -0.4 is 5.32 Å². The highest BCUT2D eigenvalue weighted by Gasteiger charge is 2.57. The van der Waals surface area contributed by atoms with Gasteiger partial charge in [0.25, 0.3) is 0 Å². The summed E-state index contributed by atoms with van der Waals surface area (Å²) in [6.07, 6.45) is -2.80. The third kappa shape index (κ3) is 1.81. The van der Waals surface area contributed by atoms with Crippen molar-refractivity contribution in [2.75, 3.05) is 13.1 Å². The molecule has 1 heterocycles. The van der Waals surface area contributed by atoms with Crippen LogP contribution >= 0.6 is 0 Å². The van der Waals surface area contributed by atoms with Crippen LogP contribution in [0.1, 0.15) is 29.9 Å². The summed E-state index contributed by atoms with van der Waals surface area (Å²) in [6.45, 7) is 1.63. The van der Waals surface area contributed by atoms with Crippen molar-refractivity contribution in [1.82, 2.24) is 5.32 Å². The Morgan fingerprint density at radius 3 is 2.67 bits per heavy atom. The van der Waals surface area contributed by atoms with E-state index in [0.717, 1.165) is 32.0 Å². The largest absolute Gasteiger partial charge is 0.416 e.